The Balaban J connectivity index is 1.93. The number of sulfonamides is 1. The van der Waals surface area contributed by atoms with Crippen LogP contribution in [0.25, 0.3) is 0 Å². The monoisotopic (exact) mass is 367 g/mol. The lowest BCUT2D eigenvalue weighted by molar-refractivity contribution is 0.546. The Kier molecular flexibility index (Phi) is 4.74. The van der Waals surface area contributed by atoms with E-state index in [9.17, 15) is 8.42 Å². The molecule has 1 atom stereocenters. The Hall–Kier alpha value is -1.01. The van der Waals surface area contributed by atoms with Gasteiger partial charge in [-0.25, -0.2) is 13.1 Å². The first-order valence-corrected chi connectivity index (χ1v) is 10.2. The van der Waals surface area contributed by atoms with Gasteiger partial charge in [0.1, 0.15) is 0 Å². The van der Waals surface area contributed by atoms with Crippen LogP contribution in [0.2, 0.25) is 5.02 Å². The smallest absolute Gasteiger partial charge is 0.207 e. The van der Waals surface area contributed by atoms with Crippen molar-refractivity contribution < 1.29 is 8.42 Å². The van der Waals surface area contributed by atoms with E-state index in [2.05, 4.69) is 4.72 Å². The van der Waals surface area contributed by atoms with E-state index in [0.717, 1.165) is 33.8 Å². The molecule has 6 heteroatoms. The van der Waals surface area contributed by atoms with Crippen LogP contribution < -0.4 is 4.72 Å². The molecule has 1 N–H and O–H groups in total. The van der Waals surface area contributed by atoms with Crippen LogP contribution in [0.15, 0.2) is 46.2 Å². The Morgan fingerprint density at radius 1 is 1.13 bits per heavy atom. The van der Waals surface area contributed by atoms with Crippen LogP contribution in [-0.4, -0.2) is 14.2 Å². The number of benzene rings is 2. The molecule has 1 heterocycles. The topological polar surface area (TPSA) is 46.2 Å². The summed E-state index contributed by atoms with van der Waals surface area (Å²) in [4.78, 5) is 1.40. The molecule has 0 saturated heterocycles. The zero-order valence-corrected chi connectivity index (χ0v) is 15.4. The third-order valence-corrected chi connectivity index (χ3v) is 6.92. The van der Waals surface area contributed by atoms with Crippen molar-refractivity contribution in [2.45, 2.75) is 36.1 Å². The fraction of sp³-hybridized carbons (Fsp3) is 0.294. The van der Waals surface area contributed by atoms with Gasteiger partial charge < -0.3 is 0 Å². The van der Waals surface area contributed by atoms with Crippen molar-refractivity contribution in [3.8, 4) is 0 Å². The van der Waals surface area contributed by atoms with Crippen LogP contribution >= 0.6 is 23.4 Å². The van der Waals surface area contributed by atoms with E-state index in [0.29, 0.717) is 9.92 Å². The van der Waals surface area contributed by atoms with E-state index < -0.39 is 10.0 Å². The molecule has 0 bridgehead atoms. The van der Waals surface area contributed by atoms with Crippen LogP contribution in [0.5, 0.6) is 0 Å². The first kappa shape index (κ1) is 16.8. The quantitative estimate of drug-likeness (QED) is 0.870. The minimum Gasteiger partial charge on any atom is -0.207 e. The zero-order chi connectivity index (χ0) is 16.6. The Morgan fingerprint density at radius 3 is 2.65 bits per heavy atom. The van der Waals surface area contributed by atoms with E-state index in [1.54, 1.807) is 23.9 Å². The summed E-state index contributed by atoms with van der Waals surface area (Å²) < 4.78 is 28.3. The number of rotatable bonds is 3. The van der Waals surface area contributed by atoms with Gasteiger partial charge in [-0.15, -0.1) is 11.8 Å². The normalized spacial score (nSPS) is 17.8. The first-order chi connectivity index (χ1) is 10.9. The zero-order valence-electron chi connectivity index (χ0n) is 13.0. The molecular formula is C17H18ClNO2S2. The lowest BCUT2D eigenvalue weighted by Crippen LogP contribution is -2.30. The molecule has 0 saturated carbocycles. The second kappa shape index (κ2) is 6.48. The fourth-order valence-corrected chi connectivity index (χ4v) is 5.24. The summed E-state index contributed by atoms with van der Waals surface area (Å²) >= 11 is 7.82. The molecular weight excluding hydrogens is 350 g/mol. The van der Waals surface area contributed by atoms with Crippen LogP contribution in [-0.2, 0) is 10.0 Å². The standard InChI is InChI=1S/C17H18ClNO2S2/c1-11-3-5-14(9-12(11)2)23(20,21)19-16-7-8-22-17-6-4-13(18)10-15(16)17/h3-6,9-10,16,19H,7-8H2,1-2H3. The lowest BCUT2D eigenvalue weighted by atomic mass is 10.1. The van der Waals surface area contributed by atoms with Gasteiger partial charge in [-0.3, -0.25) is 0 Å². The number of halogens is 1. The van der Waals surface area contributed by atoms with Gasteiger partial charge >= 0.3 is 0 Å². The number of thioether (sulfide) groups is 1. The lowest BCUT2D eigenvalue weighted by Gasteiger charge is -2.26. The van der Waals surface area contributed by atoms with Gasteiger partial charge in [0, 0.05) is 16.0 Å². The molecule has 0 aliphatic carbocycles. The molecule has 1 unspecified atom stereocenters. The van der Waals surface area contributed by atoms with Gasteiger partial charge in [-0.1, -0.05) is 17.7 Å². The van der Waals surface area contributed by atoms with Crippen LogP contribution in [0.4, 0.5) is 0 Å². The van der Waals surface area contributed by atoms with Crippen molar-refractivity contribution >= 4 is 33.4 Å². The van der Waals surface area contributed by atoms with Gasteiger partial charge in [0.2, 0.25) is 10.0 Å². The van der Waals surface area contributed by atoms with E-state index in [-0.39, 0.29) is 6.04 Å². The highest BCUT2D eigenvalue weighted by Gasteiger charge is 2.26. The van der Waals surface area contributed by atoms with Crippen LogP contribution in [0.3, 0.4) is 0 Å². The Bertz CT molecular complexity index is 850. The number of nitrogens with one attached hydrogen (secondary N) is 1. The van der Waals surface area contributed by atoms with Crippen LogP contribution in [0.1, 0.15) is 29.2 Å². The second-order valence-corrected chi connectivity index (χ2v) is 9.03. The molecule has 23 heavy (non-hydrogen) atoms. The van der Waals surface area contributed by atoms with Gasteiger partial charge in [-0.05, 0) is 73.0 Å². The Labute approximate surface area is 146 Å². The number of aryl methyl sites for hydroxylation is 2. The molecule has 1 aliphatic rings. The van der Waals surface area contributed by atoms with Crippen molar-refractivity contribution in [3.63, 3.8) is 0 Å². The second-order valence-electron chi connectivity index (χ2n) is 5.74. The van der Waals surface area contributed by atoms with E-state index in [1.807, 2.05) is 38.1 Å². The molecule has 0 aromatic heterocycles. The molecule has 122 valence electrons. The summed E-state index contributed by atoms with van der Waals surface area (Å²) in [6.45, 7) is 3.89. The summed E-state index contributed by atoms with van der Waals surface area (Å²) in [7, 11) is -3.56. The fourth-order valence-electron chi connectivity index (χ4n) is 2.62. The predicted octanol–water partition coefficient (Wildman–Crippen LogP) is 4.47. The molecule has 0 spiro atoms. The summed E-state index contributed by atoms with van der Waals surface area (Å²) in [5, 5.41) is 0.627. The highest BCUT2D eigenvalue weighted by molar-refractivity contribution is 7.99. The number of fused-ring (bicyclic) bond motifs is 1. The number of hydrogen-bond donors (Lipinski definition) is 1. The third-order valence-electron chi connectivity index (χ3n) is 4.10. The summed E-state index contributed by atoms with van der Waals surface area (Å²) in [6.07, 6.45) is 0.752. The molecule has 3 rings (SSSR count). The Morgan fingerprint density at radius 2 is 1.91 bits per heavy atom. The van der Waals surface area contributed by atoms with E-state index in [4.69, 9.17) is 11.6 Å². The molecule has 0 radical (unpaired) electrons. The molecule has 0 amide bonds. The van der Waals surface area contributed by atoms with Gasteiger partial charge in [-0.2, -0.15) is 0 Å². The van der Waals surface area contributed by atoms with Crippen molar-refractivity contribution in [1.82, 2.24) is 4.72 Å². The van der Waals surface area contributed by atoms with Crippen molar-refractivity contribution in [2.75, 3.05) is 5.75 Å². The van der Waals surface area contributed by atoms with Gasteiger partial charge in [0.05, 0.1) is 4.90 Å². The van der Waals surface area contributed by atoms with Crippen molar-refractivity contribution in [2.24, 2.45) is 0 Å². The van der Waals surface area contributed by atoms with Gasteiger partial charge in [0.25, 0.3) is 0 Å². The maximum atomic E-state index is 12.7. The van der Waals surface area contributed by atoms with Crippen molar-refractivity contribution in [3.05, 3.63) is 58.1 Å². The summed E-state index contributed by atoms with van der Waals surface area (Å²) in [5.41, 5.74) is 3.01. The molecule has 2 aromatic carbocycles. The highest BCUT2D eigenvalue weighted by Crippen LogP contribution is 2.38. The summed E-state index contributed by atoms with van der Waals surface area (Å²) in [6, 6.07) is 10.6. The predicted molar refractivity (Wildman–Crippen MR) is 95.8 cm³/mol. The van der Waals surface area contributed by atoms with E-state index >= 15 is 0 Å². The maximum absolute atomic E-state index is 12.7. The molecule has 2 aromatic rings. The highest BCUT2D eigenvalue weighted by atomic mass is 35.5. The SMILES string of the molecule is Cc1ccc(S(=O)(=O)NC2CCSc3ccc(Cl)cc32)cc1C. The largest absolute Gasteiger partial charge is 0.241 e. The summed E-state index contributed by atoms with van der Waals surface area (Å²) in [5.74, 6) is 0.884. The minimum atomic E-state index is -3.56. The number of hydrogen-bond acceptors (Lipinski definition) is 3. The molecule has 3 nitrogen and oxygen atoms in total. The maximum Gasteiger partial charge on any atom is 0.241 e. The van der Waals surface area contributed by atoms with Gasteiger partial charge in [0.15, 0.2) is 0 Å². The van der Waals surface area contributed by atoms with Crippen molar-refractivity contribution in [1.29, 1.82) is 0 Å². The van der Waals surface area contributed by atoms with Crippen LogP contribution in [0, 0.1) is 13.8 Å². The van der Waals surface area contributed by atoms with E-state index in [1.165, 1.54) is 0 Å². The molecule has 0 fully saturated rings. The first-order valence-electron chi connectivity index (χ1n) is 7.39. The molecule has 1 aliphatic heterocycles. The average molecular weight is 368 g/mol. The minimum absolute atomic E-state index is 0.239. The third kappa shape index (κ3) is 3.58. The average Bonchev–Trinajstić information content (AvgIpc) is 2.50.